The van der Waals surface area contributed by atoms with Gasteiger partial charge in [0.15, 0.2) is 0 Å². The van der Waals surface area contributed by atoms with Crippen LogP contribution in [0.3, 0.4) is 0 Å². The molecule has 0 aliphatic carbocycles. The first-order valence-electron chi connectivity index (χ1n) is 4.31. The quantitative estimate of drug-likeness (QED) is 0.504. The van der Waals surface area contributed by atoms with Crippen molar-refractivity contribution < 1.29 is 0 Å². The van der Waals surface area contributed by atoms with Crippen molar-refractivity contribution in [1.29, 1.82) is 5.41 Å². The average Bonchev–Trinajstić information content (AvgIpc) is 2.01. The van der Waals surface area contributed by atoms with Gasteiger partial charge in [0.2, 0.25) is 0 Å². The Kier molecular flexibility index (Phi) is 4.01. The predicted molar refractivity (Wildman–Crippen MR) is 66.2 cm³/mol. The normalized spacial score (nSPS) is 10.6. The van der Waals surface area contributed by atoms with Crippen molar-refractivity contribution in [3.63, 3.8) is 0 Å². The molecule has 0 aliphatic rings. The summed E-state index contributed by atoms with van der Waals surface area (Å²) in [6.45, 7) is 4.24. The van der Waals surface area contributed by atoms with Crippen molar-refractivity contribution in [1.82, 2.24) is 0 Å². The van der Waals surface area contributed by atoms with Crippen LogP contribution >= 0.6 is 27.7 Å². The van der Waals surface area contributed by atoms with E-state index in [-0.39, 0.29) is 5.84 Å². The van der Waals surface area contributed by atoms with Gasteiger partial charge in [-0.1, -0.05) is 29.8 Å². The highest BCUT2D eigenvalue weighted by molar-refractivity contribution is 9.10. The van der Waals surface area contributed by atoms with Gasteiger partial charge in [0, 0.05) is 20.2 Å². The number of nitrogens with one attached hydrogen (secondary N) is 1. The van der Waals surface area contributed by atoms with E-state index in [0.29, 0.717) is 5.25 Å². The molecular weight excluding hydrogens is 260 g/mol. The molecule has 3 N–H and O–H groups in total. The number of nitrogens with two attached hydrogens (primary N) is 1. The molecule has 0 amide bonds. The molecule has 0 fully saturated rings. The van der Waals surface area contributed by atoms with Crippen molar-refractivity contribution in [2.45, 2.75) is 24.0 Å². The van der Waals surface area contributed by atoms with E-state index in [4.69, 9.17) is 11.1 Å². The van der Waals surface area contributed by atoms with Gasteiger partial charge in [0.1, 0.15) is 5.84 Å². The topological polar surface area (TPSA) is 49.9 Å². The van der Waals surface area contributed by atoms with Gasteiger partial charge in [-0.2, -0.15) is 0 Å². The standard InChI is InChI=1S/C10H13BrN2S/c1-6(2)14-9-5-7(11)3-4-8(9)10(12)13/h3-6H,1-2H3,(H3,12,13). The molecule has 1 aromatic rings. The number of rotatable bonds is 3. The predicted octanol–water partition coefficient (Wildman–Crippen LogP) is 3.23. The van der Waals surface area contributed by atoms with Gasteiger partial charge in [-0.3, -0.25) is 5.41 Å². The van der Waals surface area contributed by atoms with E-state index >= 15 is 0 Å². The van der Waals surface area contributed by atoms with E-state index in [9.17, 15) is 0 Å². The van der Waals surface area contributed by atoms with E-state index in [1.165, 1.54) is 0 Å². The zero-order chi connectivity index (χ0) is 10.7. The van der Waals surface area contributed by atoms with Crippen LogP contribution in [0.15, 0.2) is 27.6 Å². The van der Waals surface area contributed by atoms with Gasteiger partial charge in [-0.15, -0.1) is 11.8 Å². The van der Waals surface area contributed by atoms with Crippen LogP contribution < -0.4 is 5.73 Å². The minimum Gasteiger partial charge on any atom is -0.384 e. The Morgan fingerprint density at radius 1 is 1.50 bits per heavy atom. The lowest BCUT2D eigenvalue weighted by atomic mass is 10.2. The number of amidine groups is 1. The minimum atomic E-state index is 0.126. The van der Waals surface area contributed by atoms with Crippen molar-refractivity contribution in [2.24, 2.45) is 5.73 Å². The third-order valence-electron chi connectivity index (χ3n) is 1.60. The molecule has 0 saturated carbocycles. The maximum Gasteiger partial charge on any atom is 0.123 e. The third-order valence-corrected chi connectivity index (χ3v) is 3.15. The van der Waals surface area contributed by atoms with Gasteiger partial charge in [0.05, 0.1) is 0 Å². The molecule has 0 spiro atoms. The fourth-order valence-corrected chi connectivity index (χ4v) is 2.59. The summed E-state index contributed by atoms with van der Waals surface area (Å²) in [5.74, 6) is 0.126. The summed E-state index contributed by atoms with van der Waals surface area (Å²) in [5.41, 5.74) is 6.31. The Hall–Kier alpha value is -0.480. The van der Waals surface area contributed by atoms with Crippen LogP contribution in [0.5, 0.6) is 0 Å². The second kappa shape index (κ2) is 4.84. The SMILES string of the molecule is CC(C)Sc1cc(Br)ccc1C(=N)N. The van der Waals surface area contributed by atoms with Gasteiger partial charge in [0.25, 0.3) is 0 Å². The number of benzene rings is 1. The Morgan fingerprint density at radius 3 is 2.64 bits per heavy atom. The van der Waals surface area contributed by atoms with Crippen molar-refractivity contribution >= 4 is 33.5 Å². The fourth-order valence-electron chi connectivity index (χ4n) is 1.07. The smallest absolute Gasteiger partial charge is 0.123 e. The van der Waals surface area contributed by atoms with E-state index in [0.717, 1.165) is 14.9 Å². The Balaban J connectivity index is 3.09. The highest BCUT2D eigenvalue weighted by atomic mass is 79.9. The molecule has 0 atom stereocenters. The lowest BCUT2D eigenvalue weighted by Gasteiger charge is -2.10. The summed E-state index contributed by atoms with van der Waals surface area (Å²) < 4.78 is 1.02. The number of nitrogen functional groups attached to an aromatic ring is 1. The number of halogens is 1. The van der Waals surface area contributed by atoms with E-state index in [1.54, 1.807) is 11.8 Å². The van der Waals surface area contributed by atoms with Crippen molar-refractivity contribution in [3.05, 3.63) is 28.2 Å². The third kappa shape index (κ3) is 3.03. The fraction of sp³-hybridized carbons (Fsp3) is 0.300. The van der Waals surface area contributed by atoms with Crippen molar-refractivity contribution in [3.8, 4) is 0 Å². The van der Waals surface area contributed by atoms with E-state index < -0.39 is 0 Å². The van der Waals surface area contributed by atoms with Crippen LogP contribution in [0, 0.1) is 5.41 Å². The Morgan fingerprint density at radius 2 is 2.14 bits per heavy atom. The van der Waals surface area contributed by atoms with Gasteiger partial charge >= 0.3 is 0 Å². The van der Waals surface area contributed by atoms with E-state index in [1.807, 2.05) is 18.2 Å². The summed E-state index contributed by atoms with van der Waals surface area (Å²) in [6, 6.07) is 5.78. The first kappa shape index (κ1) is 11.6. The van der Waals surface area contributed by atoms with Crippen LogP contribution in [0.4, 0.5) is 0 Å². The first-order valence-corrected chi connectivity index (χ1v) is 5.98. The summed E-state index contributed by atoms with van der Waals surface area (Å²) >= 11 is 5.13. The molecule has 0 unspecified atom stereocenters. The first-order chi connectivity index (χ1) is 6.50. The molecular formula is C10H13BrN2S. The monoisotopic (exact) mass is 272 g/mol. The zero-order valence-corrected chi connectivity index (χ0v) is 10.6. The average molecular weight is 273 g/mol. The zero-order valence-electron chi connectivity index (χ0n) is 8.17. The van der Waals surface area contributed by atoms with Crippen LogP contribution in [0.25, 0.3) is 0 Å². The van der Waals surface area contributed by atoms with E-state index in [2.05, 4.69) is 29.8 Å². The molecule has 1 rings (SSSR count). The second-order valence-corrected chi connectivity index (χ2v) is 5.75. The molecule has 0 heterocycles. The highest BCUT2D eigenvalue weighted by Crippen LogP contribution is 2.29. The maximum absolute atomic E-state index is 7.44. The summed E-state index contributed by atoms with van der Waals surface area (Å²) in [5, 5.41) is 7.93. The molecule has 0 radical (unpaired) electrons. The summed E-state index contributed by atoms with van der Waals surface area (Å²) in [7, 11) is 0. The minimum absolute atomic E-state index is 0.126. The Bertz CT molecular complexity index is 350. The molecule has 4 heteroatoms. The molecule has 0 saturated heterocycles. The Labute approximate surface area is 96.9 Å². The summed E-state index contributed by atoms with van der Waals surface area (Å²) in [4.78, 5) is 1.06. The van der Waals surface area contributed by atoms with Crippen molar-refractivity contribution in [2.75, 3.05) is 0 Å². The van der Waals surface area contributed by atoms with Gasteiger partial charge in [-0.05, 0) is 18.2 Å². The molecule has 76 valence electrons. The van der Waals surface area contributed by atoms with Gasteiger partial charge in [-0.25, -0.2) is 0 Å². The largest absolute Gasteiger partial charge is 0.384 e. The molecule has 1 aromatic carbocycles. The molecule has 0 bridgehead atoms. The van der Waals surface area contributed by atoms with Crippen LogP contribution in [-0.4, -0.2) is 11.1 Å². The van der Waals surface area contributed by atoms with Crippen LogP contribution in [0.1, 0.15) is 19.4 Å². The lowest BCUT2D eigenvalue weighted by Crippen LogP contribution is -2.12. The maximum atomic E-state index is 7.44. The van der Waals surface area contributed by atoms with Gasteiger partial charge < -0.3 is 5.73 Å². The van der Waals surface area contributed by atoms with Crippen LogP contribution in [0.2, 0.25) is 0 Å². The number of hydrogen-bond acceptors (Lipinski definition) is 2. The number of thioether (sulfide) groups is 1. The lowest BCUT2D eigenvalue weighted by molar-refractivity contribution is 1.11. The van der Waals surface area contributed by atoms with Crippen LogP contribution in [-0.2, 0) is 0 Å². The molecule has 14 heavy (non-hydrogen) atoms. The summed E-state index contributed by atoms with van der Waals surface area (Å²) in [6.07, 6.45) is 0. The second-order valence-electron chi connectivity index (χ2n) is 3.22. The molecule has 0 aromatic heterocycles. The molecule has 2 nitrogen and oxygen atoms in total. The number of hydrogen-bond donors (Lipinski definition) is 2. The highest BCUT2D eigenvalue weighted by Gasteiger charge is 2.08. The molecule has 0 aliphatic heterocycles.